The van der Waals surface area contributed by atoms with Gasteiger partial charge in [0.1, 0.15) is 5.82 Å². The number of aliphatic hydroxyl groups is 1. The molecule has 2 N–H and O–H groups in total. The lowest BCUT2D eigenvalue weighted by Crippen LogP contribution is -2.26. The smallest absolute Gasteiger partial charge is 0.222 e. The fourth-order valence-corrected chi connectivity index (χ4v) is 2.20. The van der Waals surface area contributed by atoms with Crippen molar-refractivity contribution in [2.75, 3.05) is 6.54 Å². The van der Waals surface area contributed by atoms with E-state index < -0.39 is 11.9 Å². The molecule has 5 nitrogen and oxygen atoms in total. The average Bonchev–Trinajstić information content (AvgIpc) is 2.89. The molecule has 0 radical (unpaired) electrons. The Labute approximate surface area is 128 Å². The van der Waals surface area contributed by atoms with Gasteiger partial charge in [-0.1, -0.05) is 12.1 Å². The van der Waals surface area contributed by atoms with Gasteiger partial charge in [-0.15, -0.1) is 0 Å². The Hall–Kier alpha value is -2.21. The monoisotopic (exact) mass is 305 g/mol. The maximum atomic E-state index is 13.1. The van der Waals surface area contributed by atoms with E-state index in [0.29, 0.717) is 12.1 Å². The fourth-order valence-electron chi connectivity index (χ4n) is 2.20. The molecule has 1 aromatic carbocycles. The third kappa shape index (κ3) is 4.96. The number of rotatable bonds is 7. The first kappa shape index (κ1) is 16.2. The van der Waals surface area contributed by atoms with E-state index >= 15 is 0 Å². The summed E-state index contributed by atoms with van der Waals surface area (Å²) in [6.45, 7) is 0.531. The summed E-state index contributed by atoms with van der Waals surface area (Å²) in [4.78, 5) is 11.7. The van der Waals surface area contributed by atoms with Crippen molar-refractivity contribution < 1.29 is 14.3 Å². The average molecular weight is 305 g/mol. The second-order valence-corrected chi connectivity index (χ2v) is 5.25. The third-order valence-electron chi connectivity index (χ3n) is 3.33. The van der Waals surface area contributed by atoms with Gasteiger partial charge in [0.05, 0.1) is 18.7 Å². The number of halogens is 1. The molecule has 1 aromatic heterocycles. The molecular weight excluding hydrogens is 285 g/mol. The van der Waals surface area contributed by atoms with Gasteiger partial charge in [0, 0.05) is 19.8 Å². The molecule has 0 saturated carbocycles. The molecule has 0 aliphatic carbocycles. The molecule has 0 bridgehead atoms. The van der Waals surface area contributed by atoms with Crippen LogP contribution in [-0.2, 0) is 18.3 Å². The number of aromatic nitrogens is 2. The van der Waals surface area contributed by atoms with Crippen LogP contribution in [0.2, 0.25) is 0 Å². The van der Waals surface area contributed by atoms with Crippen LogP contribution >= 0.6 is 0 Å². The predicted octanol–water partition coefficient (Wildman–Crippen LogP) is 1.73. The van der Waals surface area contributed by atoms with E-state index in [9.17, 15) is 14.3 Å². The van der Waals surface area contributed by atoms with Crippen molar-refractivity contribution in [2.45, 2.75) is 25.4 Å². The Morgan fingerprint density at radius 3 is 3.00 bits per heavy atom. The van der Waals surface area contributed by atoms with E-state index in [1.54, 1.807) is 16.9 Å². The molecule has 22 heavy (non-hydrogen) atoms. The Morgan fingerprint density at radius 2 is 2.32 bits per heavy atom. The second kappa shape index (κ2) is 7.70. The first-order valence-electron chi connectivity index (χ1n) is 7.22. The molecule has 0 saturated heterocycles. The zero-order chi connectivity index (χ0) is 15.9. The van der Waals surface area contributed by atoms with Crippen LogP contribution in [0.15, 0.2) is 36.7 Å². The Kier molecular flexibility index (Phi) is 5.66. The Bertz CT molecular complexity index is 627. The quantitative estimate of drug-likeness (QED) is 0.766. The number of amides is 1. The van der Waals surface area contributed by atoms with Gasteiger partial charge in [-0.05, 0) is 36.1 Å². The summed E-state index contributed by atoms with van der Waals surface area (Å²) in [5.74, 6) is -0.670. The number of benzene rings is 1. The van der Waals surface area contributed by atoms with Crippen LogP contribution in [0, 0.1) is 5.82 Å². The molecule has 2 aromatic rings. The van der Waals surface area contributed by atoms with Gasteiger partial charge < -0.3 is 10.4 Å². The molecule has 0 aliphatic heterocycles. The second-order valence-electron chi connectivity index (χ2n) is 5.25. The standard InChI is InChI=1S/C16H20FN3O2/c1-20-11-12(10-19-20)4-3-7-18-16(22)9-15(21)13-5-2-6-14(17)8-13/h2,5-6,8,10-11,15,21H,3-4,7,9H2,1H3,(H,18,22). The summed E-state index contributed by atoms with van der Waals surface area (Å²) in [5.41, 5.74) is 1.53. The zero-order valence-electron chi connectivity index (χ0n) is 12.5. The van der Waals surface area contributed by atoms with E-state index in [-0.39, 0.29) is 12.3 Å². The molecular formula is C16H20FN3O2. The van der Waals surface area contributed by atoms with Crippen LogP contribution < -0.4 is 5.32 Å². The van der Waals surface area contributed by atoms with E-state index in [1.807, 2.05) is 13.2 Å². The topological polar surface area (TPSA) is 67.2 Å². The van der Waals surface area contributed by atoms with E-state index in [1.165, 1.54) is 18.2 Å². The van der Waals surface area contributed by atoms with Gasteiger partial charge in [-0.2, -0.15) is 5.10 Å². The number of nitrogens with one attached hydrogen (secondary N) is 1. The van der Waals surface area contributed by atoms with Crippen molar-refractivity contribution in [3.05, 3.63) is 53.6 Å². The van der Waals surface area contributed by atoms with Crippen LogP contribution in [0.3, 0.4) is 0 Å². The highest BCUT2D eigenvalue weighted by Gasteiger charge is 2.13. The molecule has 1 heterocycles. The van der Waals surface area contributed by atoms with Crippen molar-refractivity contribution in [2.24, 2.45) is 7.05 Å². The van der Waals surface area contributed by atoms with Crippen molar-refractivity contribution in [3.8, 4) is 0 Å². The summed E-state index contributed by atoms with van der Waals surface area (Å²) in [5, 5.41) is 16.7. The summed E-state index contributed by atoms with van der Waals surface area (Å²) in [7, 11) is 1.86. The highest BCUT2D eigenvalue weighted by atomic mass is 19.1. The highest BCUT2D eigenvalue weighted by Crippen LogP contribution is 2.17. The SMILES string of the molecule is Cn1cc(CCCNC(=O)CC(O)c2cccc(F)c2)cn1. The number of carbonyl (C=O) groups is 1. The summed E-state index contributed by atoms with van der Waals surface area (Å²) in [6.07, 6.45) is 4.31. The molecule has 2 rings (SSSR count). The first-order chi connectivity index (χ1) is 10.5. The molecule has 0 spiro atoms. The summed E-state index contributed by atoms with van der Waals surface area (Å²) in [6, 6.07) is 5.65. The third-order valence-corrected chi connectivity index (χ3v) is 3.33. The number of nitrogens with zero attached hydrogens (tertiary/aromatic N) is 2. The molecule has 118 valence electrons. The van der Waals surface area contributed by atoms with Gasteiger partial charge in [-0.25, -0.2) is 4.39 Å². The van der Waals surface area contributed by atoms with E-state index in [4.69, 9.17) is 0 Å². The van der Waals surface area contributed by atoms with Crippen LogP contribution in [0.4, 0.5) is 4.39 Å². The van der Waals surface area contributed by atoms with Gasteiger partial charge in [0.25, 0.3) is 0 Å². The van der Waals surface area contributed by atoms with Crippen molar-refractivity contribution in [1.29, 1.82) is 0 Å². The normalized spacial score (nSPS) is 12.1. The maximum absolute atomic E-state index is 13.1. The van der Waals surface area contributed by atoms with E-state index in [0.717, 1.165) is 18.4 Å². The number of carbonyl (C=O) groups excluding carboxylic acids is 1. The summed E-state index contributed by atoms with van der Waals surface area (Å²) >= 11 is 0. The molecule has 1 atom stereocenters. The number of hydrogen-bond donors (Lipinski definition) is 2. The van der Waals surface area contributed by atoms with Gasteiger partial charge >= 0.3 is 0 Å². The number of aliphatic hydroxyl groups excluding tert-OH is 1. The van der Waals surface area contributed by atoms with E-state index in [2.05, 4.69) is 10.4 Å². The summed E-state index contributed by atoms with van der Waals surface area (Å²) < 4.78 is 14.8. The minimum atomic E-state index is -0.992. The van der Waals surface area contributed by atoms with Crippen LogP contribution in [-0.4, -0.2) is 27.3 Å². The minimum absolute atomic E-state index is 0.0731. The van der Waals surface area contributed by atoms with Gasteiger partial charge in [0.15, 0.2) is 0 Å². The molecule has 0 fully saturated rings. The van der Waals surface area contributed by atoms with Crippen molar-refractivity contribution >= 4 is 5.91 Å². The van der Waals surface area contributed by atoms with Crippen molar-refractivity contribution in [3.63, 3.8) is 0 Å². The maximum Gasteiger partial charge on any atom is 0.222 e. The molecule has 0 aliphatic rings. The van der Waals surface area contributed by atoms with Crippen molar-refractivity contribution in [1.82, 2.24) is 15.1 Å². The lowest BCUT2D eigenvalue weighted by atomic mass is 10.1. The number of aryl methyl sites for hydroxylation is 2. The molecule has 1 unspecified atom stereocenters. The largest absolute Gasteiger partial charge is 0.388 e. The van der Waals surface area contributed by atoms with Gasteiger partial charge in [0.2, 0.25) is 5.91 Å². The molecule has 6 heteroatoms. The van der Waals surface area contributed by atoms with Crippen LogP contribution in [0.1, 0.15) is 30.1 Å². The minimum Gasteiger partial charge on any atom is -0.388 e. The molecule has 1 amide bonds. The van der Waals surface area contributed by atoms with Crippen LogP contribution in [0.5, 0.6) is 0 Å². The van der Waals surface area contributed by atoms with Gasteiger partial charge in [-0.3, -0.25) is 9.48 Å². The number of hydrogen-bond acceptors (Lipinski definition) is 3. The zero-order valence-corrected chi connectivity index (χ0v) is 12.5. The Balaban J connectivity index is 1.69. The lowest BCUT2D eigenvalue weighted by molar-refractivity contribution is -0.123. The highest BCUT2D eigenvalue weighted by molar-refractivity contribution is 5.76. The predicted molar refractivity (Wildman–Crippen MR) is 80.5 cm³/mol. The lowest BCUT2D eigenvalue weighted by Gasteiger charge is -2.11. The van der Waals surface area contributed by atoms with Crippen LogP contribution in [0.25, 0.3) is 0 Å². The first-order valence-corrected chi connectivity index (χ1v) is 7.22. The Morgan fingerprint density at radius 1 is 1.50 bits per heavy atom. The fraction of sp³-hybridized carbons (Fsp3) is 0.375.